The molecule has 1 rings (SSSR count). The van der Waals surface area contributed by atoms with E-state index in [1.165, 1.54) is 0 Å². The average Bonchev–Trinajstić information content (AvgIpc) is 2.68. The van der Waals surface area contributed by atoms with Gasteiger partial charge in [0.25, 0.3) is 0 Å². The maximum Gasteiger partial charge on any atom is 0.390 e. The summed E-state index contributed by atoms with van der Waals surface area (Å²) in [5, 5.41) is 2.80. The van der Waals surface area contributed by atoms with Crippen LogP contribution in [0.1, 0.15) is 19.3 Å². The molecule has 1 aliphatic rings. The van der Waals surface area contributed by atoms with Gasteiger partial charge in [0.05, 0.1) is 13.0 Å². The van der Waals surface area contributed by atoms with Crippen LogP contribution in [0.5, 0.6) is 0 Å². The molecular weight excluding hydrogens is 183 g/mol. The average molecular weight is 195 g/mol. The van der Waals surface area contributed by atoms with Gasteiger partial charge >= 0.3 is 6.18 Å². The van der Waals surface area contributed by atoms with Crippen molar-refractivity contribution < 1.29 is 13.2 Å². The van der Waals surface area contributed by atoms with Crippen molar-refractivity contribution in [1.29, 1.82) is 0 Å². The largest absolute Gasteiger partial charge is 0.390 e. The number of nitrogens with zero attached hydrogens (tertiary/aromatic N) is 1. The summed E-state index contributed by atoms with van der Waals surface area (Å²) in [6.07, 6.45) is -3.02. The van der Waals surface area contributed by atoms with Crippen molar-refractivity contribution in [3.63, 3.8) is 0 Å². The summed E-state index contributed by atoms with van der Waals surface area (Å²) < 4.78 is 35.0. The van der Waals surface area contributed by atoms with E-state index in [1.54, 1.807) is 0 Å². The minimum atomic E-state index is -4.15. The molecule has 0 aromatic rings. The van der Waals surface area contributed by atoms with Gasteiger partial charge in [0, 0.05) is 6.04 Å². The molecule has 3 nitrogen and oxygen atoms in total. The molecule has 0 radical (unpaired) electrons. The Balaban J connectivity index is 2.14. The molecule has 0 aromatic heterocycles. The molecule has 1 fully saturated rings. The quantitative estimate of drug-likeness (QED) is 0.521. The van der Waals surface area contributed by atoms with Crippen LogP contribution in [-0.4, -0.2) is 24.7 Å². The van der Waals surface area contributed by atoms with Gasteiger partial charge in [-0.2, -0.15) is 13.2 Å². The summed E-state index contributed by atoms with van der Waals surface area (Å²) in [6.45, 7) is -0.297. The van der Waals surface area contributed by atoms with Crippen LogP contribution in [0.3, 0.4) is 0 Å². The van der Waals surface area contributed by atoms with Crippen molar-refractivity contribution in [1.82, 2.24) is 5.32 Å². The molecule has 0 bridgehead atoms. The molecule has 0 saturated heterocycles. The lowest BCUT2D eigenvalue weighted by Gasteiger charge is -2.05. The Kier molecular flexibility index (Phi) is 3.00. The van der Waals surface area contributed by atoms with Gasteiger partial charge in [-0.25, -0.2) is 0 Å². The fraction of sp³-hybridized carbons (Fsp3) is 0.857. The zero-order chi connectivity index (χ0) is 9.90. The second-order valence-electron chi connectivity index (χ2n) is 3.05. The Bertz CT molecular complexity index is 196. The van der Waals surface area contributed by atoms with E-state index in [-0.39, 0.29) is 12.5 Å². The van der Waals surface area contributed by atoms with Crippen LogP contribution < -0.4 is 11.1 Å². The van der Waals surface area contributed by atoms with Crippen molar-refractivity contribution in [2.24, 2.45) is 10.7 Å². The highest BCUT2D eigenvalue weighted by Gasteiger charge is 2.26. The van der Waals surface area contributed by atoms with E-state index in [4.69, 9.17) is 5.73 Å². The van der Waals surface area contributed by atoms with Gasteiger partial charge in [0.2, 0.25) is 0 Å². The summed E-state index contributed by atoms with van der Waals surface area (Å²) in [5.41, 5.74) is 5.32. The van der Waals surface area contributed by atoms with Crippen LogP contribution in [0, 0.1) is 0 Å². The maximum atomic E-state index is 11.7. The number of hydrogen-bond donors (Lipinski definition) is 2. The van der Waals surface area contributed by atoms with E-state index in [0.717, 1.165) is 12.8 Å². The molecule has 0 aromatic carbocycles. The highest BCUT2D eigenvalue weighted by molar-refractivity contribution is 5.78. The molecule has 0 atom stereocenters. The van der Waals surface area contributed by atoms with Crippen LogP contribution in [0.2, 0.25) is 0 Å². The Morgan fingerprint density at radius 1 is 1.46 bits per heavy atom. The number of rotatable bonds is 3. The first kappa shape index (κ1) is 10.1. The zero-order valence-electron chi connectivity index (χ0n) is 7.06. The molecule has 3 N–H and O–H groups in total. The third kappa shape index (κ3) is 5.32. The van der Waals surface area contributed by atoms with E-state index in [2.05, 4.69) is 10.3 Å². The van der Waals surface area contributed by atoms with Gasteiger partial charge in [-0.3, -0.25) is 4.99 Å². The predicted molar refractivity (Wildman–Crippen MR) is 43.3 cm³/mol. The second-order valence-corrected chi connectivity index (χ2v) is 3.05. The highest BCUT2D eigenvalue weighted by atomic mass is 19.4. The lowest BCUT2D eigenvalue weighted by molar-refractivity contribution is -0.132. The number of aliphatic imine (C=N–C) groups is 1. The maximum absolute atomic E-state index is 11.7. The van der Waals surface area contributed by atoms with Crippen LogP contribution >= 0.6 is 0 Å². The lowest BCUT2D eigenvalue weighted by Crippen LogP contribution is -2.33. The first-order chi connectivity index (χ1) is 5.97. The van der Waals surface area contributed by atoms with Gasteiger partial charge in [0.1, 0.15) is 0 Å². The molecule has 0 unspecified atom stereocenters. The summed E-state index contributed by atoms with van der Waals surface area (Å²) >= 11 is 0. The number of alkyl halides is 3. The highest BCUT2D eigenvalue weighted by Crippen LogP contribution is 2.19. The second kappa shape index (κ2) is 3.85. The minimum Gasteiger partial charge on any atom is -0.370 e. The topological polar surface area (TPSA) is 50.4 Å². The van der Waals surface area contributed by atoms with E-state index in [0.29, 0.717) is 6.04 Å². The number of guanidine groups is 1. The summed E-state index contributed by atoms with van der Waals surface area (Å²) in [6, 6.07) is 0.328. The van der Waals surface area contributed by atoms with Crippen molar-refractivity contribution >= 4 is 5.96 Å². The van der Waals surface area contributed by atoms with E-state index < -0.39 is 12.6 Å². The monoisotopic (exact) mass is 195 g/mol. The van der Waals surface area contributed by atoms with Gasteiger partial charge in [0.15, 0.2) is 5.96 Å². The fourth-order valence-electron chi connectivity index (χ4n) is 0.786. The predicted octanol–water partition coefficient (Wildman–Crippen LogP) is 1.01. The first-order valence-corrected chi connectivity index (χ1v) is 4.10. The minimum absolute atomic E-state index is 0.117. The van der Waals surface area contributed by atoms with Gasteiger partial charge in [-0.1, -0.05) is 0 Å². The third-order valence-electron chi connectivity index (χ3n) is 1.61. The SMILES string of the molecule is NC(=NCCC(F)(F)F)NC1CC1. The zero-order valence-corrected chi connectivity index (χ0v) is 7.06. The Morgan fingerprint density at radius 2 is 2.08 bits per heavy atom. The molecule has 76 valence electrons. The lowest BCUT2D eigenvalue weighted by atomic mass is 10.4. The number of halogens is 3. The number of hydrogen-bond acceptors (Lipinski definition) is 1. The Morgan fingerprint density at radius 3 is 2.54 bits per heavy atom. The van der Waals surface area contributed by atoms with E-state index in [1.807, 2.05) is 0 Å². The Hall–Kier alpha value is -0.940. The van der Waals surface area contributed by atoms with Crippen molar-refractivity contribution in [3.8, 4) is 0 Å². The van der Waals surface area contributed by atoms with Gasteiger partial charge < -0.3 is 11.1 Å². The molecule has 6 heteroatoms. The summed E-state index contributed by atoms with van der Waals surface area (Å²) in [7, 11) is 0. The first-order valence-electron chi connectivity index (χ1n) is 4.10. The normalized spacial score (nSPS) is 18.8. The van der Waals surface area contributed by atoms with Crippen molar-refractivity contribution in [2.45, 2.75) is 31.5 Å². The molecule has 0 spiro atoms. The number of nitrogens with two attached hydrogens (primary N) is 1. The van der Waals surface area contributed by atoms with Crippen molar-refractivity contribution in [3.05, 3.63) is 0 Å². The fourth-order valence-corrected chi connectivity index (χ4v) is 0.786. The van der Waals surface area contributed by atoms with Gasteiger partial charge in [-0.05, 0) is 12.8 Å². The molecule has 0 amide bonds. The third-order valence-corrected chi connectivity index (χ3v) is 1.61. The standard InChI is InChI=1S/C7H12F3N3/c8-7(9,10)3-4-12-6(11)13-5-1-2-5/h5H,1-4H2,(H3,11,12,13). The smallest absolute Gasteiger partial charge is 0.370 e. The molecule has 1 aliphatic carbocycles. The van der Waals surface area contributed by atoms with Crippen LogP contribution in [0.25, 0.3) is 0 Å². The summed E-state index contributed by atoms with van der Waals surface area (Å²) in [5.74, 6) is 0.117. The van der Waals surface area contributed by atoms with E-state index >= 15 is 0 Å². The van der Waals surface area contributed by atoms with Gasteiger partial charge in [-0.15, -0.1) is 0 Å². The Labute approximate surface area is 74.2 Å². The molecule has 0 heterocycles. The van der Waals surface area contributed by atoms with E-state index in [9.17, 15) is 13.2 Å². The van der Waals surface area contributed by atoms with Crippen molar-refractivity contribution in [2.75, 3.05) is 6.54 Å². The van der Waals surface area contributed by atoms with Crippen LogP contribution in [0.15, 0.2) is 4.99 Å². The van der Waals surface area contributed by atoms with Crippen LogP contribution in [-0.2, 0) is 0 Å². The number of nitrogens with one attached hydrogen (secondary N) is 1. The molecule has 1 saturated carbocycles. The molecular formula is C7H12F3N3. The summed E-state index contributed by atoms with van der Waals surface area (Å²) in [4.78, 5) is 3.55. The molecule has 13 heavy (non-hydrogen) atoms. The van der Waals surface area contributed by atoms with Crippen LogP contribution in [0.4, 0.5) is 13.2 Å². The molecule has 0 aliphatic heterocycles.